The van der Waals surface area contributed by atoms with Crippen LogP contribution in [-0.4, -0.2) is 71.7 Å². The number of rotatable bonds is 5. The standard InChI is InChI=1S/C20H29N3O3/c1-3-23-15-19(26-20(8-9-20)18(23)24)10-13-22(14-11-19)12-7-16-5-4-6-17(21-16)25-2/h4-6H,3,7-15H2,1-2H3. The molecule has 1 saturated carbocycles. The van der Waals surface area contributed by atoms with Gasteiger partial charge < -0.3 is 19.3 Å². The zero-order valence-electron chi connectivity index (χ0n) is 15.9. The zero-order chi connectivity index (χ0) is 18.2. The zero-order valence-corrected chi connectivity index (χ0v) is 15.9. The van der Waals surface area contributed by atoms with Gasteiger partial charge in [-0.25, -0.2) is 4.98 Å². The van der Waals surface area contributed by atoms with Crippen LogP contribution < -0.4 is 4.74 Å². The Labute approximate surface area is 155 Å². The van der Waals surface area contributed by atoms with Crippen LogP contribution >= 0.6 is 0 Å². The Hall–Kier alpha value is -1.66. The van der Waals surface area contributed by atoms with Crippen LogP contribution in [0.25, 0.3) is 0 Å². The Kier molecular flexibility index (Phi) is 4.65. The normalized spacial score (nSPS) is 24.2. The molecule has 0 radical (unpaired) electrons. The maximum atomic E-state index is 12.5. The predicted octanol–water partition coefficient (Wildman–Crippen LogP) is 1.88. The van der Waals surface area contributed by atoms with Crippen molar-refractivity contribution in [3.63, 3.8) is 0 Å². The van der Waals surface area contributed by atoms with Crippen LogP contribution in [0, 0.1) is 0 Å². The second-order valence-corrected chi connectivity index (χ2v) is 7.86. The molecule has 0 bridgehead atoms. The number of piperidine rings is 1. The van der Waals surface area contributed by atoms with Crippen molar-refractivity contribution in [2.45, 2.75) is 50.2 Å². The smallest absolute Gasteiger partial charge is 0.254 e. The Morgan fingerprint density at radius 2 is 2.00 bits per heavy atom. The molecular formula is C20H29N3O3. The fourth-order valence-electron chi connectivity index (χ4n) is 4.31. The molecule has 142 valence electrons. The first kappa shape index (κ1) is 17.7. The molecule has 3 fully saturated rings. The van der Waals surface area contributed by atoms with E-state index in [4.69, 9.17) is 9.47 Å². The van der Waals surface area contributed by atoms with Crippen molar-refractivity contribution >= 4 is 5.91 Å². The molecule has 26 heavy (non-hydrogen) atoms. The highest BCUT2D eigenvalue weighted by molar-refractivity contribution is 5.89. The van der Waals surface area contributed by atoms with Crippen molar-refractivity contribution in [2.24, 2.45) is 0 Å². The van der Waals surface area contributed by atoms with Crippen molar-refractivity contribution in [1.29, 1.82) is 0 Å². The van der Waals surface area contributed by atoms with Crippen molar-refractivity contribution in [2.75, 3.05) is 39.8 Å². The molecule has 2 saturated heterocycles. The maximum Gasteiger partial charge on any atom is 0.254 e. The molecule has 1 aromatic rings. The summed E-state index contributed by atoms with van der Waals surface area (Å²) in [5, 5.41) is 0. The van der Waals surface area contributed by atoms with Gasteiger partial charge in [0.1, 0.15) is 5.60 Å². The number of morpholine rings is 1. The van der Waals surface area contributed by atoms with E-state index < -0.39 is 5.60 Å². The van der Waals surface area contributed by atoms with Crippen LogP contribution in [0.1, 0.15) is 38.3 Å². The van der Waals surface area contributed by atoms with E-state index in [1.807, 2.05) is 17.0 Å². The van der Waals surface area contributed by atoms with Gasteiger partial charge in [-0.3, -0.25) is 4.79 Å². The van der Waals surface area contributed by atoms with Crippen molar-refractivity contribution in [1.82, 2.24) is 14.8 Å². The van der Waals surface area contributed by atoms with Crippen molar-refractivity contribution in [3.05, 3.63) is 23.9 Å². The van der Waals surface area contributed by atoms with E-state index in [1.165, 1.54) is 0 Å². The number of methoxy groups -OCH3 is 1. The highest BCUT2D eigenvalue weighted by Crippen LogP contribution is 2.49. The number of amides is 1. The predicted molar refractivity (Wildman–Crippen MR) is 98.2 cm³/mol. The molecule has 1 amide bonds. The summed E-state index contributed by atoms with van der Waals surface area (Å²) >= 11 is 0. The number of ether oxygens (including phenoxy) is 2. The molecule has 6 nitrogen and oxygen atoms in total. The Morgan fingerprint density at radius 3 is 2.65 bits per heavy atom. The molecular weight excluding hydrogens is 330 g/mol. The van der Waals surface area contributed by atoms with Crippen molar-refractivity contribution < 1.29 is 14.3 Å². The van der Waals surface area contributed by atoms with E-state index in [1.54, 1.807) is 7.11 Å². The van der Waals surface area contributed by atoms with E-state index in [0.29, 0.717) is 5.88 Å². The number of carbonyl (C=O) groups excluding carboxylic acids is 1. The van der Waals surface area contributed by atoms with Crippen LogP contribution in [0.3, 0.4) is 0 Å². The van der Waals surface area contributed by atoms with Crippen molar-refractivity contribution in [3.8, 4) is 5.88 Å². The molecule has 3 heterocycles. The van der Waals surface area contributed by atoms with Gasteiger partial charge in [0.05, 0.1) is 12.7 Å². The van der Waals surface area contributed by atoms with E-state index in [0.717, 1.165) is 70.5 Å². The maximum absolute atomic E-state index is 12.5. The topological polar surface area (TPSA) is 54.9 Å². The SMILES string of the molecule is CCN1CC2(CCN(CCc3cccc(OC)n3)CC2)OC2(CC2)C1=O. The first-order chi connectivity index (χ1) is 12.6. The van der Waals surface area contributed by atoms with E-state index in [-0.39, 0.29) is 11.5 Å². The summed E-state index contributed by atoms with van der Waals surface area (Å²) in [6, 6.07) is 5.93. The quantitative estimate of drug-likeness (QED) is 0.803. The lowest BCUT2D eigenvalue weighted by Crippen LogP contribution is -2.62. The number of likely N-dealkylation sites (N-methyl/N-ethyl adjacent to an activating group) is 1. The second-order valence-electron chi connectivity index (χ2n) is 7.86. The highest BCUT2D eigenvalue weighted by Gasteiger charge is 2.61. The van der Waals surface area contributed by atoms with Gasteiger partial charge in [-0.05, 0) is 38.7 Å². The van der Waals surface area contributed by atoms with Gasteiger partial charge in [-0.15, -0.1) is 0 Å². The van der Waals surface area contributed by atoms with Crippen LogP contribution in [-0.2, 0) is 16.0 Å². The summed E-state index contributed by atoms with van der Waals surface area (Å²) in [5.41, 5.74) is 0.463. The lowest BCUT2D eigenvalue weighted by molar-refractivity contribution is -0.200. The summed E-state index contributed by atoms with van der Waals surface area (Å²) in [6.07, 6.45) is 4.73. The molecule has 2 spiro atoms. The van der Waals surface area contributed by atoms with Crippen LogP contribution in [0.15, 0.2) is 18.2 Å². The molecule has 1 aliphatic carbocycles. The van der Waals surface area contributed by atoms with Gasteiger partial charge in [-0.1, -0.05) is 6.07 Å². The first-order valence-corrected chi connectivity index (χ1v) is 9.80. The molecule has 4 rings (SSSR count). The third-order valence-electron chi connectivity index (χ3n) is 6.10. The molecule has 0 atom stereocenters. The second kappa shape index (κ2) is 6.82. The molecule has 3 aliphatic rings. The average molecular weight is 359 g/mol. The summed E-state index contributed by atoms with van der Waals surface area (Å²) in [5.74, 6) is 0.895. The van der Waals surface area contributed by atoms with Crippen LogP contribution in [0.5, 0.6) is 5.88 Å². The Balaban J connectivity index is 1.33. The molecule has 0 aromatic carbocycles. The van der Waals surface area contributed by atoms with Crippen LogP contribution in [0.2, 0.25) is 0 Å². The molecule has 2 aliphatic heterocycles. The summed E-state index contributed by atoms with van der Waals surface area (Å²) in [7, 11) is 1.65. The summed E-state index contributed by atoms with van der Waals surface area (Å²) in [6.45, 7) is 6.66. The summed E-state index contributed by atoms with van der Waals surface area (Å²) < 4.78 is 11.7. The minimum Gasteiger partial charge on any atom is -0.481 e. The highest BCUT2D eigenvalue weighted by atomic mass is 16.5. The minimum atomic E-state index is -0.471. The van der Waals surface area contributed by atoms with E-state index in [9.17, 15) is 4.79 Å². The number of likely N-dealkylation sites (tertiary alicyclic amines) is 1. The minimum absolute atomic E-state index is 0.134. The molecule has 0 unspecified atom stereocenters. The van der Waals surface area contributed by atoms with Gasteiger partial charge in [0, 0.05) is 50.9 Å². The van der Waals surface area contributed by atoms with Gasteiger partial charge in [-0.2, -0.15) is 0 Å². The number of hydrogen-bond donors (Lipinski definition) is 0. The monoisotopic (exact) mass is 359 g/mol. The Morgan fingerprint density at radius 1 is 1.23 bits per heavy atom. The first-order valence-electron chi connectivity index (χ1n) is 9.80. The Bertz CT molecular complexity index is 666. The largest absolute Gasteiger partial charge is 0.481 e. The fourth-order valence-corrected chi connectivity index (χ4v) is 4.31. The van der Waals surface area contributed by atoms with Gasteiger partial charge in [0.25, 0.3) is 5.91 Å². The molecule has 0 N–H and O–H groups in total. The van der Waals surface area contributed by atoms with Crippen LogP contribution in [0.4, 0.5) is 0 Å². The summed E-state index contributed by atoms with van der Waals surface area (Å²) in [4.78, 5) is 21.5. The van der Waals surface area contributed by atoms with Gasteiger partial charge >= 0.3 is 0 Å². The number of carbonyl (C=O) groups is 1. The van der Waals surface area contributed by atoms with E-state index >= 15 is 0 Å². The molecule has 1 aromatic heterocycles. The number of aromatic nitrogens is 1. The number of pyridine rings is 1. The lowest BCUT2D eigenvalue weighted by atomic mass is 9.88. The lowest BCUT2D eigenvalue weighted by Gasteiger charge is -2.50. The van der Waals surface area contributed by atoms with E-state index in [2.05, 4.69) is 22.9 Å². The number of hydrogen-bond acceptors (Lipinski definition) is 5. The van der Waals surface area contributed by atoms with Gasteiger partial charge in [0.2, 0.25) is 5.88 Å². The molecule has 6 heteroatoms. The van der Waals surface area contributed by atoms with Gasteiger partial charge in [0.15, 0.2) is 0 Å². The fraction of sp³-hybridized carbons (Fsp3) is 0.700. The average Bonchev–Trinajstić information content (AvgIpc) is 3.44. The third-order valence-corrected chi connectivity index (χ3v) is 6.10. The third kappa shape index (κ3) is 3.32. The number of nitrogens with zero attached hydrogens (tertiary/aromatic N) is 3.